The summed E-state index contributed by atoms with van der Waals surface area (Å²) in [5.41, 5.74) is 1.39. The van der Waals surface area contributed by atoms with E-state index < -0.39 is 0 Å². The third-order valence-corrected chi connectivity index (χ3v) is 5.97. The second-order valence-corrected chi connectivity index (χ2v) is 7.23. The number of hydrogen-bond acceptors (Lipinski definition) is 3. The minimum Gasteiger partial charge on any atom is -0.369 e. The van der Waals surface area contributed by atoms with E-state index in [9.17, 15) is 0 Å². The SMILES string of the molecule is c1ccc(N2CCN(C3CCCN(C4CCC4)C3)CC2)cc1. The highest BCUT2D eigenvalue weighted by Crippen LogP contribution is 2.29. The molecular weight excluding hydrogens is 270 g/mol. The molecule has 3 fully saturated rings. The van der Waals surface area contributed by atoms with Gasteiger partial charge in [-0.2, -0.15) is 0 Å². The van der Waals surface area contributed by atoms with E-state index in [1.165, 1.54) is 77.1 Å². The topological polar surface area (TPSA) is 9.72 Å². The Hall–Kier alpha value is -1.06. The maximum atomic E-state index is 2.79. The molecule has 22 heavy (non-hydrogen) atoms. The number of rotatable bonds is 3. The molecule has 1 saturated carbocycles. The van der Waals surface area contributed by atoms with Gasteiger partial charge in [0.25, 0.3) is 0 Å². The van der Waals surface area contributed by atoms with Crippen molar-refractivity contribution < 1.29 is 0 Å². The fourth-order valence-electron chi connectivity index (χ4n) is 4.35. The van der Waals surface area contributed by atoms with Crippen molar-refractivity contribution in [1.29, 1.82) is 0 Å². The summed E-state index contributed by atoms with van der Waals surface area (Å²) in [6.45, 7) is 7.52. The minimum absolute atomic E-state index is 0.812. The van der Waals surface area contributed by atoms with E-state index in [4.69, 9.17) is 0 Å². The Morgan fingerprint density at radius 2 is 1.41 bits per heavy atom. The van der Waals surface area contributed by atoms with Crippen molar-refractivity contribution in [3.05, 3.63) is 30.3 Å². The predicted octanol–water partition coefficient (Wildman–Crippen LogP) is 2.83. The van der Waals surface area contributed by atoms with Gasteiger partial charge in [0, 0.05) is 50.5 Å². The molecular formula is C19H29N3. The van der Waals surface area contributed by atoms with Crippen LogP contribution in [-0.2, 0) is 0 Å². The highest BCUT2D eigenvalue weighted by atomic mass is 15.3. The summed E-state index contributed by atoms with van der Waals surface area (Å²) in [7, 11) is 0. The zero-order valence-electron chi connectivity index (χ0n) is 13.7. The Balaban J connectivity index is 1.31. The lowest BCUT2D eigenvalue weighted by Crippen LogP contribution is -2.57. The first-order valence-corrected chi connectivity index (χ1v) is 9.18. The summed E-state index contributed by atoms with van der Waals surface area (Å²) in [5, 5.41) is 0. The Labute approximate surface area is 134 Å². The molecule has 2 heterocycles. The van der Waals surface area contributed by atoms with Crippen LogP contribution in [0.25, 0.3) is 0 Å². The van der Waals surface area contributed by atoms with Crippen molar-refractivity contribution in [3.8, 4) is 0 Å². The largest absolute Gasteiger partial charge is 0.369 e. The fourth-order valence-corrected chi connectivity index (χ4v) is 4.35. The van der Waals surface area contributed by atoms with Crippen molar-refractivity contribution in [2.75, 3.05) is 44.2 Å². The number of likely N-dealkylation sites (tertiary alicyclic amines) is 1. The Bertz CT molecular complexity index is 463. The molecule has 0 bridgehead atoms. The van der Waals surface area contributed by atoms with Crippen LogP contribution in [0.3, 0.4) is 0 Å². The van der Waals surface area contributed by atoms with E-state index in [1.807, 2.05) is 0 Å². The normalized spacial score (nSPS) is 28.5. The molecule has 0 spiro atoms. The van der Waals surface area contributed by atoms with Gasteiger partial charge >= 0.3 is 0 Å². The van der Waals surface area contributed by atoms with Crippen LogP contribution in [0.2, 0.25) is 0 Å². The van der Waals surface area contributed by atoms with Gasteiger partial charge in [-0.05, 0) is 44.4 Å². The Morgan fingerprint density at radius 3 is 2.09 bits per heavy atom. The van der Waals surface area contributed by atoms with Gasteiger partial charge in [-0.15, -0.1) is 0 Å². The number of hydrogen-bond donors (Lipinski definition) is 0. The van der Waals surface area contributed by atoms with Gasteiger partial charge in [0.15, 0.2) is 0 Å². The molecule has 4 rings (SSSR count). The summed E-state index contributed by atoms with van der Waals surface area (Å²) in [6.07, 6.45) is 7.18. The maximum absolute atomic E-state index is 2.79. The highest BCUT2D eigenvalue weighted by Gasteiger charge is 2.32. The fraction of sp³-hybridized carbons (Fsp3) is 0.684. The molecule has 1 unspecified atom stereocenters. The van der Waals surface area contributed by atoms with Gasteiger partial charge in [0.05, 0.1) is 0 Å². The Kier molecular flexibility index (Phi) is 4.35. The summed E-state index contributed by atoms with van der Waals surface area (Å²) in [4.78, 5) is 8.11. The van der Waals surface area contributed by atoms with Crippen molar-refractivity contribution >= 4 is 5.69 Å². The molecule has 0 aromatic heterocycles. The number of para-hydroxylation sites is 1. The molecule has 3 heteroatoms. The van der Waals surface area contributed by atoms with E-state index in [1.54, 1.807) is 0 Å². The molecule has 0 amide bonds. The highest BCUT2D eigenvalue weighted by molar-refractivity contribution is 5.46. The average Bonchev–Trinajstić information content (AvgIpc) is 2.55. The van der Waals surface area contributed by atoms with Crippen molar-refractivity contribution in [1.82, 2.24) is 9.80 Å². The van der Waals surface area contributed by atoms with E-state index in [0.717, 1.165) is 12.1 Å². The smallest absolute Gasteiger partial charge is 0.0367 e. The van der Waals surface area contributed by atoms with E-state index in [2.05, 4.69) is 45.0 Å². The summed E-state index contributed by atoms with van der Waals surface area (Å²) in [6, 6.07) is 12.6. The van der Waals surface area contributed by atoms with E-state index in [0.29, 0.717) is 0 Å². The van der Waals surface area contributed by atoms with Gasteiger partial charge in [0.2, 0.25) is 0 Å². The van der Waals surface area contributed by atoms with Crippen molar-refractivity contribution in [2.45, 2.75) is 44.2 Å². The number of piperidine rings is 1. The summed E-state index contributed by atoms with van der Waals surface area (Å²) >= 11 is 0. The molecule has 0 radical (unpaired) electrons. The van der Waals surface area contributed by atoms with Gasteiger partial charge in [0.1, 0.15) is 0 Å². The number of piperazine rings is 1. The van der Waals surface area contributed by atoms with E-state index >= 15 is 0 Å². The summed E-state index contributed by atoms with van der Waals surface area (Å²) < 4.78 is 0. The first-order valence-electron chi connectivity index (χ1n) is 9.18. The quantitative estimate of drug-likeness (QED) is 0.850. The minimum atomic E-state index is 0.812. The monoisotopic (exact) mass is 299 g/mol. The van der Waals surface area contributed by atoms with Gasteiger partial charge < -0.3 is 4.90 Å². The molecule has 0 N–H and O–H groups in total. The van der Waals surface area contributed by atoms with Crippen LogP contribution in [0.1, 0.15) is 32.1 Å². The van der Waals surface area contributed by atoms with Gasteiger partial charge in [-0.3, -0.25) is 9.80 Å². The van der Waals surface area contributed by atoms with Gasteiger partial charge in [-0.25, -0.2) is 0 Å². The second-order valence-electron chi connectivity index (χ2n) is 7.23. The van der Waals surface area contributed by atoms with E-state index in [-0.39, 0.29) is 0 Å². The lowest BCUT2D eigenvalue weighted by Gasteiger charge is -2.47. The second kappa shape index (κ2) is 6.59. The molecule has 120 valence electrons. The maximum Gasteiger partial charge on any atom is 0.0367 e. The first-order chi connectivity index (χ1) is 10.9. The average molecular weight is 299 g/mol. The third-order valence-electron chi connectivity index (χ3n) is 5.97. The van der Waals surface area contributed by atoms with Crippen LogP contribution >= 0.6 is 0 Å². The van der Waals surface area contributed by atoms with Crippen molar-refractivity contribution in [2.24, 2.45) is 0 Å². The van der Waals surface area contributed by atoms with Crippen LogP contribution in [0.15, 0.2) is 30.3 Å². The predicted molar refractivity (Wildman–Crippen MR) is 92.5 cm³/mol. The lowest BCUT2D eigenvalue weighted by molar-refractivity contribution is 0.0419. The third kappa shape index (κ3) is 3.02. The zero-order chi connectivity index (χ0) is 14.8. The van der Waals surface area contributed by atoms with Crippen LogP contribution in [0.5, 0.6) is 0 Å². The van der Waals surface area contributed by atoms with Crippen LogP contribution in [0, 0.1) is 0 Å². The standard InChI is InChI=1S/C19H29N3/c1-2-6-17(7-3-1)20-12-14-21(15-13-20)19-10-5-11-22(16-19)18-8-4-9-18/h1-3,6-7,18-19H,4-5,8-16H2. The molecule has 1 aliphatic carbocycles. The number of anilines is 1. The molecule has 3 nitrogen and oxygen atoms in total. The zero-order valence-corrected chi connectivity index (χ0v) is 13.7. The number of benzene rings is 1. The molecule has 2 saturated heterocycles. The summed E-state index contributed by atoms with van der Waals surface area (Å²) in [5.74, 6) is 0. The Morgan fingerprint density at radius 1 is 0.682 bits per heavy atom. The van der Waals surface area contributed by atoms with Crippen LogP contribution in [-0.4, -0.2) is 61.2 Å². The molecule has 2 aliphatic heterocycles. The van der Waals surface area contributed by atoms with Crippen LogP contribution < -0.4 is 4.90 Å². The van der Waals surface area contributed by atoms with Crippen LogP contribution in [0.4, 0.5) is 5.69 Å². The van der Waals surface area contributed by atoms with Crippen molar-refractivity contribution in [3.63, 3.8) is 0 Å². The molecule has 1 aromatic carbocycles. The lowest BCUT2D eigenvalue weighted by atomic mass is 9.89. The number of nitrogens with zero attached hydrogens (tertiary/aromatic N) is 3. The van der Waals surface area contributed by atoms with Gasteiger partial charge in [-0.1, -0.05) is 24.6 Å². The first kappa shape index (κ1) is 14.5. The molecule has 1 atom stereocenters. The molecule has 3 aliphatic rings. The molecule has 1 aromatic rings.